The molecule has 126 valence electrons. The summed E-state index contributed by atoms with van der Waals surface area (Å²) in [4.78, 5) is 23.8. The predicted molar refractivity (Wildman–Crippen MR) is 101 cm³/mol. The molecule has 4 aromatic rings. The number of thiophene rings is 2. The zero-order valence-electron chi connectivity index (χ0n) is 12.7. The Labute approximate surface area is 154 Å². The quantitative estimate of drug-likeness (QED) is 0.571. The van der Waals surface area contributed by atoms with Gasteiger partial charge in [-0.05, 0) is 34.5 Å². The maximum absolute atomic E-state index is 12.7. The number of aromatic nitrogens is 2. The van der Waals surface area contributed by atoms with E-state index in [2.05, 4.69) is 5.10 Å². The van der Waals surface area contributed by atoms with Crippen LogP contribution in [0, 0.1) is 0 Å². The predicted octanol–water partition coefficient (Wildman–Crippen LogP) is 4.00. The number of aliphatic carboxylic acids is 1. The molecule has 0 unspecified atom stereocenters. The fourth-order valence-electron chi connectivity index (χ4n) is 2.79. The smallest absolute Gasteiger partial charge is 0.309 e. The number of hydrogen-bond acceptors (Lipinski definition) is 5. The van der Waals surface area contributed by atoms with Crippen molar-refractivity contribution in [3.05, 3.63) is 61.0 Å². The van der Waals surface area contributed by atoms with E-state index in [1.165, 1.54) is 16.0 Å². The molecule has 0 bridgehead atoms. The van der Waals surface area contributed by atoms with E-state index in [4.69, 9.17) is 16.7 Å². The fourth-order valence-corrected chi connectivity index (χ4v) is 4.73. The highest BCUT2D eigenvalue weighted by molar-refractivity contribution is 7.17. The van der Waals surface area contributed by atoms with Crippen LogP contribution < -0.4 is 5.56 Å². The van der Waals surface area contributed by atoms with Gasteiger partial charge in [0.1, 0.15) is 0 Å². The average Bonchev–Trinajstić information content (AvgIpc) is 3.19. The third-order valence-electron chi connectivity index (χ3n) is 3.93. The Balaban J connectivity index is 1.85. The van der Waals surface area contributed by atoms with Gasteiger partial charge in [0.05, 0.1) is 24.0 Å². The summed E-state index contributed by atoms with van der Waals surface area (Å²) in [6.07, 6.45) is -0.219. The van der Waals surface area contributed by atoms with Crippen LogP contribution in [0.15, 0.2) is 39.1 Å². The number of rotatable bonds is 4. The second kappa shape index (κ2) is 6.25. The molecule has 0 spiro atoms. The molecule has 3 heterocycles. The van der Waals surface area contributed by atoms with E-state index in [9.17, 15) is 9.59 Å². The number of benzene rings is 1. The van der Waals surface area contributed by atoms with Crippen LogP contribution >= 0.6 is 34.3 Å². The SMILES string of the molecule is O=C(O)Cc1nn(Cc2csc3ccc(Cl)cc23)c(=O)c2cscc12. The Bertz CT molecular complexity index is 1180. The number of halogens is 1. The van der Waals surface area contributed by atoms with Crippen molar-refractivity contribution in [2.75, 3.05) is 0 Å². The van der Waals surface area contributed by atoms with Gasteiger partial charge in [0.2, 0.25) is 0 Å². The number of fused-ring (bicyclic) bond motifs is 2. The van der Waals surface area contributed by atoms with Gasteiger partial charge in [-0.25, -0.2) is 4.68 Å². The molecule has 8 heteroatoms. The molecule has 0 aliphatic carbocycles. The molecular formula is C17H11ClN2O3S2. The molecule has 0 amide bonds. The Morgan fingerprint density at radius 1 is 1.20 bits per heavy atom. The summed E-state index contributed by atoms with van der Waals surface area (Å²) in [5.41, 5.74) is 1.13. The van der Waals surface area contributed by atoms with Crippen LogP contribution in [0.4, 0.5) is 0 Å². The third-order valence-corrected chi connectivity index (χ3v) is 5.92. The Morgan fingerprint density at radius 2 is 2.00 bits per heavy atom. The van der Waals surface area contributed by atoms with Gasteiger partial charge in [-0.2, -0.15) is 16.4 Å². The van der Waals surface area contributed by atoms with Crippen LogP contribution in [0.2, 0.25) is 5.02 Å². The number of carboxylic acid groups (broad SMARTS) is 1. The monoisotopic (exact) mass is 390 g/mol. The zero-order chi connectivity index (χ0) is 17.6. The van der Waals surface area contributed by atoms with Gasteiger partial charge in [-0.1, -0.05) is 11.6 Å². The molecule has 0 atom stereocenters. The Hall–Kier alpha value is -2.22. The first kappa shape index (κ1) is 16.3. The summed E-state index contributed by atoms with van der Waals surface area (Å²) in [5.74, 6) is -0.974. The lowest BCUT2D eigenvalue weighted by atomic mass is 10.1. The van der Waals surface area contributed by atoms with Crippen LogP contribution in [0.1, 0.15) is 11.3 Å². The van der Waals surface area contributed by atoms with Gasteiger partial charge in [0, 0.05) is 25.9 Å². The molecular weight excluding hydrogens is 380 g/mol. The van der Waals surface area contributed by atoms with Gasteiger partial charge >= 0.3 is 5.97 Å². The van der Waals surface area contributed by atoms with Crippen LogP contribution in [0.5, 0.6) is 0 Å². The van der Waals surface area contributed by atoms with Gasteiger partial charge in [-0.3, -0.25) is 9.59 Å². The molecule has 25 heavy (non-hydrogen) atoms. The summed E-state index contributed by atoms with van der Waals surface area (Å²) in [6, 6.07) is 5.64. The van der Waals surface area contributed by atoms with E-state index in [1.54, 1.807) is 22.1 Å². The molecule has 1 aromatic carbocycles. The minimum Gasteiger partial charge on any atom is -0.481 e. The van der Waals surface area contributed by atoms with Gasteiger partial charge in [0.15, 0.2) is 0 Å². The standard InChI is InChI=1S/C17H11ClN2O3S2/c18-10-1-2-15-11(3-10)9(6-25-15)5-20-17(23)13-8-24-7-12(13)14(19-20)4-16(21)22/h1-3,6-8H,4-5H2,(H,21,22). The number of nitrogens with zero attached hydrogens (tertiary/aromatic N) is 2. The van der Waals surface area contributed by atoms with Crippen molar-refractivity contribution in [1.82, 2.24) is 9.78 Å². The minimum absolute atomic E-state index is 0.216. The number of hydrogen-bond donors (Lipinski definition) is 1. The van der Waals surface area contributed by atoms with Gasteiger partial charge in [-0.15, -0.1) is 11.3 Å². The number of carbonyl (C=O) groups is 1. The summed E-state index contributed by atoms with van der Waals surface area (Å²) >= 11 is 9.03. The van der Waals surface area contributed by atoms with Gasteiger partial charge in [0.25, 0.3) is 5.56 Å². The van der Waals surface area contributed by atoms with Crippen molar-refractivity contribution in [2.24, 2.45) is 0 Å². The summed E-state index contributed by atoms with van der Waals surface area (Å²) in [7, 11) is 0. The van der Waals surface area contributed by atoms with E-state index in [0.717, 1.165) is 15.6 Å². The molecule has 3 aromatic heterocycles. The largest absolute Gasteiger partial charge is 0.481 e. The minimum atomic E-state index is -0.974. The topological polar surface area (TPSA) is 72.2 Å². The first-order valence-corrected chi connectivity index (χ1v) is 9.56. The van der Waals surface area contributed by atoms with Crippen molar-refractivity contribution < 1.29 is 9.90 Å². The molecule has 4 rings (SSSR count). The lowest BCUT2D eigenvalue weighted by molar-refractivity contribution is -0.136. The Kier molecular flexibility index (Phi) is 4.07. The third kappa shape index (κ3) is 2.95. The maximum atomic E-state index is 12.7. The maximum Gasteiger partial charge on any atom is 0.309 e. The zero-order valence-corrected chi connectivity index (χ0v) is 15.1. The van der Waals surface area contributed by atoms with Crippen LogP contribution in [0.3, 0.4) is 0 Å². The fraction of sp³-hybridized carbons (Fsp3) is 0.118. The normalized spacial score (nSPS) is 11.4. The van der Waals surface area contributed by atoms with Crippen molar-refractivity contribution >= 4 is 61.1 Å². The highest BCUT2D eigenvalue weighted by atomic mass is 35.5. The van der Waals surface area contributed by atoms with Crippen molar-refractivity contribution in [2.45, 2.75) is 13.0 Å². The highest BCUT2D eigenvalue weighted by Gasteiger charge is 2.15. The molecule has 0 saturated heterocycles. The summed E-state index contributed by atoms with van der Waals surface area (Å²) in [6.45, 7) is 0.275. The second-order valence-electron chi connectivity index (χ2n) is 5.58. The van der Waals surface area contributed by atoms with E-state index < -0.39 is 5.97 Å². The van der Waals surface area contributed by atoms with E-state index in [1.807, 2.05) is 23.6 Å². The summed E-state index contributed by atoms with van der Waals surface area (Å²) in [5, 5.41) is 21.7. The second-order valence-corrected chi connectivity index (χ2v) is 7.67. The number of carboxylic acids is 1. The molecule has 5 nitrogen and oxygen atoms in total. The molecule has 0 aliphatic rings. The Morgan fingerprint density at radius 3 is 2.80 bits per heavy atom. The molecule has 1 N–H and O–H groups in total. The lowest BCUT2D eigenvalue weighted by Gasteiger charge is -2.08. The van der Waals surface area contributed by atoms with E-state index in [-0.39, 0.29) is 18.5 Å². The molecule has 0 radical (unpaired) electrons. The molecule has 0 aliphatic heterocycles. The van der Waals surface area contributed by atoms with E-state index >= 15 is 0 Å². The van der Waals surface area contributed by atoms with Crippen molar-refractivity contribution in [3.8, 4) is 0 Å². The van der Waals surface area contributed by atoms with Crippen LogP contribution in [0.25, 0.3) is 20.9 Å². The average molecular weight is 391 g/mol. The van der Waals surface area contributed by atoms with Crippen molar-refractivity contribution in [3.63, 3.8) is 0 Å². The summed E-state index contributed by atoms with van der Waals surface area (Å²) < 4.78 is 2.42. The highest BCUT2D eigenvalue weighted by Crippen LogP contribution is 2.29. The van der Waals surface area contributed by atoms with Crippen molar-refractivity contribution in [1.29, 1.82) is 0 Å². The first-order valence-electron chi connectivity index (χ1n) is 7.36. The van der Waals surface area contributed by atoms with Crippen LogP contribution in [-0.4, -0.2) is 20.9 Å². The first-order chi connectivity index (χ1) is 12.0. The van der Waals surface area contributed by atoms with Gasteiger partial charge < -0.3 is 5.11 Å². The molecule has 0 fully saturated rings. The lowest BCUT2D eigenvalue weighted by Crippen LogP contribution is -2.25. The molecule has 0 saturated carbocycles. The van der Waals surface area contributed by atoms with Crippen LogP contribution in [-0.2, 0) is 17.8 Å². The van der Waals surface area contributed by atoms with E-state index in [0.29, 0.717) is 21.5 Å².